The first kappa shape index (κ1) is 31.8. The summed E-state index contributed by atoms with van der Waals surface area (Å²) in [6.07, 6.45) is 0. The summed E-state index contributed by atoms with van der Waals surface area (Å²) in [6, 6.07) is 69.1. The third-order valence-corrected chi connectivity index (χ3v) is 11.9. The summed E-state index contributed by atoms with van der Waals surface area (Å²) >= 11 is 0. The number of hydrogen-bond donors (Lipinski definition) is 0. The Balaban J connectivity index is 1.06. The third kappa shape index (κ3) is 4.62. The highest BCUT2D eigenvalue weighted by molar-refractivity contribution is 6.14. The van der Waals surface area contributed by atoms with Gasteiger partial charge < -0.3 is 0 Å². The molecule has 0 N–H and O–H groups in total. The van der Waals surface area contributed by atoms with Crippen molar-refractivity contribution in [3.63, 3.8) is 0 Å². The minimum Gasteiger partial charge on any atom is -0.247 e. The van der Waals surface area contributed by atoms with Gasteiger partial charge in [0.25, 0.3) is 0 Å². The van der Waals surface area contributed by atoms with Gasteiger partial charge in [-0.1, -0.05) is 176 Å². The van der Waals surface area contributed by atoms with Crippen molar-refractivity contribution in [1.29, 1.82) is 0 Å². The normalized spacial score (nSPS) is 13.1. The molecule has 1 spiro atoms. The molecule has 2 heterocycles. The lowest BCUT2D eigenvalue weighted by molar-refractivity contribution is 0.795. The number of benzene rings is 8. The molecule has 10 aromatic rings. The van der Waals surface area contributed by atoms with E-state index in [1.807, 2.05) is 60.7 Å². The summed E-state index contributed by atoms with van der Waals surface area (Å²) in [6.45, 7) is 0. The second-order valence-electron chi connectivity index (χ2n) is 14.9. The van der Waals surface area contributed by atoms with E-state index >= 15 is 0 Å². The van der Waals surface area contributed by atoms with Gasteiger partial charge in [0.2, 0.25) is 0 Å². The fraction of sp³-hybridized carbons (Fsp3) is 0.0189. The topological polar surface area (TPSA) is 51.6 Å². The zero-order valence-corrected chi connectivity index (χ0v) is 30.8. The lowest BCUT2D eigenvalue weighted by atomic mass is 9.70. The van der Waals surface area contributed by atoms with E-state index in [0.717, 1.165) is 44.2 Å². The first-order chi connectivity index (χ1) is 28.3. The molecular weight excluding hydrogens is 693 g/mol. The molecule has 0 amide bonds. The van der Waals surface area contributed by atoms with Gasteiger partial charge in [0.1, 0.15) is 0 Å². The molecule has 0 saturated heterocycles. The minimum atomic E-state index is -0.415. The van der Waals surface area contributed by atoms with Crippen LogP contribution in [0.25, 0.3) is 89.4 Å². The van der Waals surface area contributed by atoms with E-state index < -0.39 is 5.41 Å². The molecule has 0 aliphatic heterocycles. The number of rotatable bonds is 4. The highest BCUT2D eigenvalue weighted by Gasteiger charge is 2.51. The molecule has 57 heavy (non-hydrogen) atoms. The van der Waals surface area contributed by atoms with Crippen LogP contribution in [0.5, 0.6) is 0 Å². The van der Waals surface area contributed by atoms with Crippen molar-refractivity contribution < 1.29 is 0 Å². The van der Waals surface area contributed by atoms with Crippen molar-refractivity contribution in [1.82, 2.24) is 19.9 Å². The van der Waals surface area contributed by atoms with Gasteiger partial charge in [0.15, 0.2) is 17.5 Å². The van der Waals surface area contributed by atoms with Crippen molar-refractivity contribution in [3.05, 3.63) is 216 Å². The van der Waals surface area contributed by atoms with Gasteiger partial charge in [-0.25, -0.2) is 19.9 Å². The van der Waals surface area contributed by atoms with E-state index in [1.54, 1.807) is 0 Å². The standard InChI is InChI=1S/C53H32N4/c1-3-15-34(16-4-1)50-55-51(35-17-5-2-6-18-35)57-52(56-50)36-29-27-33(28-30-36)49-43-31-42-39-21-9-13-25-46(39)53(47(42)32-41(43)40-22-10-14-26-48(40)54-49)44-23-11-7-19-37(44)38-20-8-12-24-45(38)53/h1-32H. The first-order valence-corrected chi connectivity index (χ1v) is 19.4. The van der Waals surface area contributed by atoms with Gasteiger partial charge in [0.05, 0.1) is 16.6 Å². The second-order valence-corrected chi connectivity index (χ2v) is 14.9. The lowest BCUT2D eigenvalue weighted by Gasteiger charge is -2.30. The van der Waals surface area contributed by atoms with Gasteiger partial charge in [-0.05, 0) is 68.1 Å². The van der Waals surface area contributed by atoms with Crippen molar-refractivity contribution >= 4 is 21.7 Å². The largest absolute Gasteiger partial charge is 0.247 e. The quantitative estimate of drug-likeness (QED) is 0.170. The number of aromatic nitrogens is 4. The van der Waals surface area contributed by atoms with Crippen LogP contribution in [0.15, 0.2) is 194 Å². The Labute approximate surface area is 329 Å². The third-order valence-electron chi connectivity index (χ3n) is 11.9. The average Bonchev–Trinajstić information content (AvgIpc) is 3.75. The molecule has 0 atom stereocenters. The number of pyridine rings is 1. The smallest absolute Gasteiger partial charge is 0.164 e. The summed E-state index contributed by atoms with van der Waals surface area (Å²) in [7, 11) is 0. The van der Waals surface area contributed by atoms with E-state index in [9.17, 15) is 0 Å². The number of hydrogen-bond acceptors (Lipinski definition) is 4. The maximum atomic E-state index is 5.38. The van der Waals surface area contributed by atoms with Crippen molar-refractivity contribution in [2.45, 2.75) is 5.41 Å². The Hall–Kier alpha value is -7.56. The Kier molecular flexibility index (Phi) is 6.81. The van der Waals surface area contributed by atoms with Crippen LogP contribution in [-0.4, -0.2) is 19.9 Å². The van der Waals surface area contributed by atoms with E-state index in [4.69, 9.17) is 19.9 Å². The molecule has 4 heteroatoms. The molecule has 0 radical (unpaired) electrons. The van der Waals surface area contributed by atoms with Crippen LogP contribution in [0.4, 0.5) is 0 Å². The molecule has 12 rings (SSSR count). The fourth-order valence-electron chi connectivity index (χ4n) is 9.47. The molecule has 4 nitrogen and oxygen atoms in total. The summed E-state index contributed by atoms with van der Waals surface area (Å²) in [4.78, 5) is 20.2. The van der Waals surface area contributed by atoms with E-state index in [2.05, 4.69) is 133 Å². The average molecular weight is 725 g/mol. The summed E-state index contributed by atoms with van der Waals surface area (Å²) in [5, 5.41) is 3.47. The van der Waals surface area contributed by atoms with E-state index in [-0.39, 0.29) is 0 Å². The minimum absolute atomic E-state index is 0.415. The molecule has 2 aliphatic carbocycles. The Bertz CT molecular complexity index is 3120. The maximum Gasteiger partial charge on any atom is 0.164 e. The molecule has 264 valence electrons. The Morgan fingerprint density at radius 3 is 1.28 bits per heavy atom. The van der Waals surface area contributed by atoms with Gasteiger partial charge in [-0.15, -0.1) is 0 Å². The molecular formula is C53H32N4. The summed E-state index contributed by atoms with van der Waals surface area (Å²) < 4.78 is 0. The molecule has 0 unspecified atom stereocenters. The first-order valence-electron chi connectivity index (χ1n) is 19.4. The van der Waals surface area contributed by atoms with Crippen LogP contribution in [-0.2, 0) is 5.41 Å². The fourth-order valence-corrected chi connectivity index (χ4v) is 9.47. The Morgan fingerprint density at radius 2 is 0.719 bits per heavy atom. The van der Waals surface area contributed by atoms with Crippen LogP contribution >= 0.6 is 0 Å². The van der Waals surface area contributed by atoms with Gasteiger partial charge in [-0.3, -0.25) is 0 Å². The van der Waals surface area contributed by atoms with Crippen molar-refractivity contribution in [3.8, 4) is 67.7 Å². The highest BCUT2D eigenvalue weighted by Crippen LogP contribution is 2.63. The monoisotopic (exact) mass is 724 g/mol. The molecule has 0 fully saturated rings. The van der Waals surface area contributed by atoms with Crippen LogP contribution in [0.3, 0.4) is 0 Å². The second kappa shape index (κ2) is 12.2. The predicted octanol–water partition coefficient (Wildman–Crippen LogP) is 12.6. The zero-order chi connectivity index (χ0) is 37.5. The summed E-state index contributed by atoms with van der Waals surface area (Å²) in [5.74, 6) is 1.91. The van der Waals surface area contributed by atoms with E-state index in [0.29, 0.717) is 17.5 Å². The van der Waals surface area contributed by atoms with Crippen molar-refractivity contribution in [2.24, 2.45) is 0 Å². The van der Waals surface area contributed by atoms with Crippen LogP contribution in [0, 0.1) is 0 Å². The van der Waals surface area contributed by atoms with Gasteiger partial charge >= 0.3 is 0 Å². The number of fused-ring (bicyclic) bond motifs is 13. The van der Waals surface area contributed by atoms with Crippen LogP contribution < -0.4 is 0 Å². The maximum absolute atomic E-state index is 5.38. The predicted molar refractivity (Wildman–Crippen MR) is 231 cm³/mol. The molecule has 2 aromatic heterocycles. The molecule has 8 aromatic carbocycles. The SMILES string of the molecule is c1ccc(-c2nc(-c3ccccc3)nc(-c3ccc(-c4nc5ccccc5c5cc6c(cc45)-c4ccccc4C64c5ccccc5-c5ccccc54)cc3)n2)cc1. The molecule has 2 aliphatic rings. The lowest BCUT2D eigenvalue weighted by Crippen LogP contribution is -2.25. The number of nitrogens with zero attached hydrogens (tertiary/aromatic N) is 4. The number of para-hydroxylation sites is 1. The Morgan fingerprint density at radius 1 is 0.281 bits per heavy atom. The summed E-state index contributed by atoms with van der Waals surface area (Å²) in [5.41, 5.74) is 15.8. The van der Waals surface area contributed by atoms with E-state index in [1.165, 1.54) is 49.9 Å². The van der Waals surface area contributed by atoms with Gasteiger partial charge in [-0.2, -0.15) is 0 Å². The van der Waals surface area contributed by atoms with Crippen molar-refractivity contribution in [2.75, 3.05) is 0 Å². The zero-order valence-electron chi connectivity index (χ0n) is 30.8. The van der Waals surface area contributed by atoms with Crippen LogP contribution in [0.2, 0.25) is 0 Å². The molecule has 0 bridgehead atoms. The van der Waals surface area contributed by atoms with Crippen LogP contribution in [0.1, 0.15) is 22.3 Å². The van der Waals surface area contributed by atoms with Gasteiger partial charge in [0, 0.05) is 33.0 Å². The molecule has 0 saturated carbocycles. The highest BCUT2D eigenvalue weighted by atomic mass is 15.0.